The van der Waals surface area contributed by atoms with Gasteiger partial charge in [0.25, 0.3) is 0 Å². The van der Waals surface area contributed by atoms with Gasteiger partial charge in [0.15, 0.2) is 5.96 Å². The summed E-state index contributed by atoms with van der Waals surface area (Å²) >= 11 is 0. The maximum Gasteiger partial charge on any atom is 0.191 e. The number of benzene rings is 2. The second-order valence-corrected chi connectivity index (χ2v) is 6.40. The zero-order valence-corrected chi connectivity index (χ0v) is 16.5. The summed E-state index contributed by atoms with van der Waals surface area (Å²) in [5.41, 5.74) is 4.62. The summed E-state index contributed by atoms with van der Waals surface area (Å²) in [5, 5.41) is 6.79. The molecule has 2 rings (SSSR count). The molecule has 2 aromatic rings. The highest BCUT2D eigenvalue weighted by Crippen LogP contribution is 2.26. The number of aryl methyl sites for hydroxylation is 2. The molecule has 5 heteroatoms. The fraction of sp³-hybridized carbons (Fsp3) is 0.381. The molecule has 0 heterocycles. The van der Waals surface area contributed by atoms with Gasteiger partial charge in [0.05, 0.1) is 20.3 Å². The normalized spacial score (nSPS) is 12.5. The Balaban J connectivity index is 2.06. The number of methoxy groups -OCH3 is 2. The Morgan fingerprint density at radius 1 is 1.04 bits per heavy atom. The Kier molecular flexibility index (Phi) is 6.89. The molecule has 0 spiro atoms. The van der Waals surface area contributed by atoms with E-state index in [-0.39, 0.29) is 6.04 Å². The summed E-state index contributed by atoms with van der Waals surface area (Å²) in [4.78, 5) is 4.33. The number of rotatable bonds is 6. The zero-order valence-electron chi connectivity index (χ0n) is 16.5. The van der Waals surface area contributed by atoms with Crippen molar-refractivity contribution in [3.63, 3.8) is 0 Å². The molecule has 26 heavy (non-hydrogen) atoms. The molecule has 0 aliphatic carbocycles. The predicted octanol–water partition coefficient (Wildman–Crippen LogP) is 3.75. The van der Waals surface area contributed by atoms with E-state index in [1.54, 1.807) is 21.3 Å². The first kappa shape index (κ1) is 19.6. The van der Waals surface area contributed by atoms with Crippen LogP contribution in [-0.4, -0.2) is 27.2 Å². The number of nitrogens with one attached hydrogen (secondary N) is 2. The van der Waals surface area contributed by atoms with Gasteiger partial charge in [-0.25, -0.2) is 0 Å². The molecular weight excluding hydrogens is 326 g/mol. The van der Waals surface area contributed by atoms with E-state index in [1.807, 2.05) is 24.3 Å². The van der Waals surface area contributed by atoms with Crippen molar-refractivity contribution in [1.29, 1.82) is 0 Å². The van der Waals surface area contributed by atoms with Crippen LogP contribution < -0.4 is 20.1 Å². The Hall–Kier alpha value is -2.69. The Labute approximate surface area is 156 Å². The van der Waals surface area contributed by atoms with Gasteiger partial charge in [0.1, 0.15) is 11.5 Å². The van der Waals surface area contributed by atoms with Crippen LogP contribution in [-0.2, 0) is 6.54 Å². The minimum absolute atomic E-state index is 0.0584. The van der Waals surface area contributed by atoms with E-state index in [0.29, 0.717) is 6.54 Å². The van der Waals surface area contributed by atoms with Crippen molar-refractivity contribution in [3.05, 3.63) is 58.7 Å². The van der Waals surface area contributed by atoms with Gasteiger partial charge in [0, 0.05) is 19.2 Å². The van der Waals surface area contributed by atoms with E-state index in [9.17, 15) is 0 Å². The predicted molar refractivity (Wildman–Crippen MR) is 107 cm³/mol. The molecule has 0 bridgehead atoms. The highest BCUT2D eigenvalue weighted by Gasteiger charge is 2.13. The summed E-state index contributed by atoms with van der Waals surface area (Å²) in [5.74, 6) is 2.47. The fourth-order valence-electron chi connectivity index (χ4n) is 2.90. The summed E-state index contributed by atoms with van der Waals surface area (Å²) in [6.07, 6.45) is 0. The molecule has 140 valence electrons. The topological polar surface area (TPSA) is 54.9 Å². The SMILES string of the molecule is CN=C(NCc1cc(C)cc(OC)c1)NC(C)c1cc(C)ccc1OC. The number of guanidine groups is 1. The van der Waals surface area contributed by atoms with E-state index < -0.39 is 0 Å². The first-order chi connectivity index (χ1) is 12.5. The third kappa shape index (κ3) is 5.15. The summed E-state index contributed by atoms with van der Waals surface area (Å²) in [6.45, 7) is 6.90. The van der Waals surface area contributed by atoms with Gasteiger partial charge in [-0.05, 0) is 50.1 Å². The van der Waals surface area contributed by atoms with Gasteiger partial charge in [-0.15, -0.1) is 0 Å². The number of aliphatic imine (C=N–C) groups is 1. The zero-order chi connectivity index (χ0) is 19.1. The van der Waals surface area contributed by atoms with E-state index in [2.05, 4.69) is 48.5 Å². The third-order valence-corrected chi connectivity index (χ3v) is 4.23. The Morgan fingerprint density at radius 3 is 2.46 bits per heavy atom. The van der Waals surface area contributed by atoms with Crippen molar-refractivity contribution in [3.8, 4) is 11.5 Å². The first-order valence-corrected chi connectivity index (χ1v) is 8.73. The second-order valence-electron chi connectivity index (χ2n) is 6.40. The van der Waals surface area contributed by atoms with Gasteiger partial charge in [-0.3, -0.25) is 4.99 Å². The lowest BCUT2D eigenvalue weighted by Gasteiger charge is -2.21. The number of ether oxygens (including phenoxy) is 2. The van der Waals surface area contributed by atoms with E-state index in [1.165, 1.54) is 11.1 Å². The van der Waals surface area contributed by atoms with Crippen molar-refractivity contribution in [2.45, 2.75) is 33.4 Å². The van der Waals surface area contributed by atoms with Gasteiger partial charge in [-0.1, -0.05) is 23.8 Å². The molecule has 0 radical (unpaired) electrons. The van der Waals surface area contributed by atoms with Crippen LogP contribution in [0.2, 0.25) is 0 Å². The van der Waals surface area contributed by atoms with Gasteiger partial charge in [0.2, 0.25) is 0 Å². The molecule has 0 aliphatic rings. The maximum absolute atomic E-state index is 5.49. The minimum Gasteiger partial charge on any atom is -0.497 e. The van der Waals surface area contributed by atoms with Crippen LogP contribution in [0.1, 0.15) is 35.2 Å². The average molecular weight is 355 g/mol. The van der Waals surface area contributed by atoms with Crippen LogP contribution >= 0.6 is 0 Å². The highest BCUT2D eigenvalue weighted by molar-refractivity contribution is 5.80. The Bertz CT molecular complexity index is 772. The molecule has 2 aromatic carbocycles. The van der Waals surface area contributed by atoms with Gasteiger partial charge < -0.3 is 20.1 Å². The quantitative estimate of drug-likeness (QED) is 0.612. The molecule has 1 atom stereocenters. The lowest BCUT2D eigenvalue weighted by Crippen LogP contribution is -2.38. The van der Waals surface area contributed by atoms with Crippen LogP contribution in [0, 0.1) is 13.8 Å². The Morgan fingerprint density at radius 2 is 1.81 bits per heavy atom. The van der Waals surface area contributed by atoms with Crippen molar-refractivity contribution in [2.75, 3.05) is 21.3 Å². The molecule has 0 amide bonds. The lowest BCUT2D eigenvalue weighted by molar-refractivity contribution is 0.405. The standard InChI is InChI=1S/C21H29N3O2/c1-14-7-8-20(26-6)19(11-14)16(3)24-21(22-4)23-13-17-9-15(2)10-18(12-17)25-5/h7-12,16H,13H2,1-6H3,(H2,22,23,24). The van der Waals surface area contributed by atoms with Crippen LogP contribution in [0.25, 0.3) is 0 Å². The molecular formula is C21H29N3O2. The highest BCUT2D eigenvalue weighted by atomic mass is 16.5. The molecule has 1 unspecified atom stereocenters. The maximum atomic E-state index is 5.49. The van der Waals surface area contributed by atoms with Crippen LogP contribution in [0.4, 0.5) is 0 Å². The minimum atomic E-state index is 0.0584. The van der Waals surface area contributed by atoms with Crippen LogP contribution in [0.3, 0.4) is 0 Å². The summed E-state index contributed by atoms with van der Waals surface area (Å²) < 4.78 is 10.8. The number of nitrogens with zero attached hydrogens (tertiary/aromatic N) is 1. The molecule has 0 saturated carbocycles. The molecule has 5 nitrogen and oxygen atoms in total. The fourth-order valence-corrected chi connectivity index (χ4v) is 2.90. The van der Waals surface area contributed by atoms with Crippen LogP contribution in [0.15, 0.2) is 41.4 Å². The van der Waals surface area contributed by atoms with Gasteiger partial charge in [-0.2, -0.15) is 0 Å². The third-order valence-electron chi connectivity index (χ3n) is 4.23. The smallest absolute Gasteiger partial charge is 0.191 e. The van der Waals surface area contributed by atoms with Gasteiger partial charge >= 0.3 is 0 Å². The monoisotopic (exact) mass is 355 g/mol. The second kappa shape index (κ2) is 9.13. The molecule has 0 fully saturated rings. The van der Waals surface area contributed by atoms with E-state index in [4.69, 9.17) is 9.47 Å². The van der Waals surface area contributed by atoms with Crippen molar-refractivity contribution < 1.29 is 9.47 Å². The van der Waals surface area contributed by atoms with E-state index in [0.717, 1.165) is 28.6 Å². The molecule has 0 aromatic heterocycles. The lowest BCUT2D eigenvalue weighted by atomic mass is 10.0. The first-order valence-electron chi connectivity index (χ1n) is 8.73. The molecule has 0 aliphatic heterocycles. The average Bonchev–Trinajstić information content (AvgIpc) is 2.64. The number of hydrogen-bond acceptors (Lipinski definition) is 3. The summed E-state index contributed by atoms with van der Waals surface area (Å²) in [6, 6.07) is 12.4. The summed E-state index contributed by atoms with van der Waals surface area (Å²) in [7, 11) is 5.15. The van der Waals surface area contributed by atoms with Crippen molar-refractivity contribution >= 4 is 5.96 Å². The van der Waals surface area contributed by atoms with Crippen molar-refractivity contribution in [2.24, 2.45) is 4.99 Å². The van der Waals surface area contributed by atoms with Crippen LogP contribution in [0.5, 0.6) is 11.5 Å². The van der Waals surface area contributed by atoms with E-state index >= 15 is 0 Å². The molecule has 2 N–H and O–H groups in total. The van der Waals surface area contributed by atoms with Crippen molar-refractivity contribution in [1.82, 2.24) is 10.6 Å². The number of hydrogen-bond donors (Lipinski definition) is 2. The largest absolute Gasteiger partial charge is 0.497 e. The molecule has 0 saturated heterocycles.